The molecule has 3 aromatic rings. The number of aliphatic imine (C=N–C) groups is 2. The van der Waals surface area contributed by atoms with Gasteiger partial charge in [0.2, 0.25) is 0 Å². The van der Waals surface area contributed by atoms with Crippen LogP contribution in [0.4, 0.5) is 4.39 Å². The van der Waals surface area contributed by atoms with Crippen molar-refractivity contribution in [3.05, 3.63) is 60.2 Å². The van der Waals surface area contributed by atoms with E-state index in [4.69, 9.17) is 4.98 Å². The fourth-order valence-corrected chi connectivity index (χ4v) is 3.16. The second-order valence-corrected chi connectivity index (χ2v) is 6.04. The second-order valence-electron chi connectivity index (χ2n) is 6.04. The van der Waals surface area contributed by atoms with E-state index in [1.807, 2.05) is 41.8 Å². The summed E-state index contributed by atoms with van der Waals surface area (Å²) in [6, 6.07) is 14.5. The van der Waals surface area contributed by atoms with Gasteiger partial charge in [0.05, 0.1) is 17.1 Å². The third-order valence-corrected chi connectivity index (χ3v) is 4.47. The molecule has 0 saturated carbocycles. The van der Waals surface area contributed by atoms with E-state index in [9.17, 15) is 4.39 Å². The van der Waals surface area contributed by atoms with Crippen LogP contribution < -0.4 is 0 Å². The molecule has 0 spiro atoms. The van der Waals surface area contributed by atoms with Crippen molar-refractivity contribution < 1.29 is 4.39 Å². The molecule has 2 aromatic carbocycles. The minimum absolute atomic E-state index is 0.0585. The molecule has 126 valence electrons. The van der Waals surface area contributed by atoms with E-state index in [2.05, 4.69) is 21.8 Å². The molecule has 0 N–H and O–H groups in total. The molecule has 4 rings (SSSR count). The van der Waals surface area contributed by atoms with Crippen LogP contribution in [-0.2, 0) is 0 Å². The molecule has 25 heavy (non-hydrogen) atoms. The Bertz CT molecular complexity index is 974. The molecule has 1 atom stereocenters. The van der Waals surface area contributed by atoms with E-state index >= 15 is 0 Å². The van der Waals surface area contributed by atoms with Crippen molar-refractivity contribution in [2.24, 2.45) is 9.98 Å². The van der Waals surface area contributed by atoms with E-state index in [1.54, 1.807) is 12.4 Å². The lowest BCUT2D eigenvalue weighted by atomic mass is 10.2. The van der Waals surface area contributed by atoms with Gasteiger partial charge in [0, 0.05) is 11.8 Å². The maximum absolute atomic E-state index is 13.9. The largest absolute Gasteiger partial charge is 0.331 e. The Labute approximate surface area is 145 Å². The molecule has 1 aromatic heterocycles. The van der Waals surface area contributed by atoms with Gasteiger partial charge >= 0.3 is 0 Å². The maximum atomic E-state index is 13.9. The first kappa shape index (κ1) is 15.5. The van der Waals surface area contributed by atoms with Crippen LogP contribution in [0, 0.1) is 5.82 Å². The summed E-state index contributed by atoms with van der Waals surface area (Å²) in [5, 5.41) is 0. The van der Waals surface area contributed by atoms with Crippen molar-refractivity contribution >= 4 is 23.2 Å². The number of amidine groups is 1. The van der Waals surface area contributed by atoms with Crippen LogP contribution in [0.2, 0.25) is 0 Å². The summed E-state index contributed by atoms with van der Waals surface area (Å²) in [4.78, 5) is 15.4. The van der Waals surface area contributed by atoms with Gasteiger partial charge in [0.1, 0.15) is 30.5 Å². The van der Waals surface area contributed by atoms with E-state index < -0.39 is 0 Å². The summed E-state index contributed by atoms with van der Waals surface area (Å²) in [7, 11) is 0. The van der Waals surface area contributed by atoms with Gasteiger partial charge in [0.25, 0.3) is 0 Å². The van der Waals surface area contributed by atoms with Crippen molar-refractivity contribution in [1.82, 2.24) is 14.5 Å². The molecule has 6 heteroatoms. The highest BCUT2D eigenvalue weighted by atomic mass is 19.1. The topological polar surface area (TPSA) is 45.8 Å². The van der Waals surface area contributed by atoms with Gasteiger partial charge in [-0.25, -0.2) is 14.4 Å². The first-order valence-electron chi connectivity index (χ1n) is 8.18. The molecular formula is C19H18FN5. The molecule has 2 heterocycles. The van der Waals surface area contributed by atoms with Crippen LogP contribution in [0.5, 0.6) is 0 Å². The molecule has 1 aliphatic rings. The highest BCUT2D eigenvalue weighted by Gasteiger charge is 2.25. The molecule has 0 aliphatic carbocycles. The van der Waals surface area contributed by atoms with E-state index in [-0.39, 0.29) is 11.9 Å². The monoisotopic (exact) mass is 335 g/mol. The average Bonchev–Trinajstić information content (AvgIpc) is 3.01. The number of hydrogen-bond acceptors (Lipinski definition) is 4. The van der Waals surface area contributed by atoms with Crippen molar-refractivity contribution in [2.75, 3.05) is 6.67 Å². The smallest absolute Gasteiger partial charge is 0.137 e. The van der Waals surface area contributed by atoms with Crippen LogP contribution in [0.25, 0.3) is 16.7 Å². The predicted molar refractivity (Wildman–Crippen MR) is 97.8 cm³/mol. The first-order valence-corrected chi connectivity index (χ1v) is 8.18. The van der Waals surface area contributed by atoms with Gasteiger partial charge in [-0.05, 0) is 38.1 Å². The number of fused-ring (bicyclic) bond motifs is 1. The van der Waals surface area contributed by atoms with Crippen molar-refractivity contribution in [2.45, 2.75) is 19.9 Å². The van der Waals surface area contributed by atoms with Crippen molar-refractivity contribution in [3.63, 3.8) is 0 Å². The Kier molecular flexibility index (Phi) is 3.80. The zero-order valence-corrected chi connectivity index (χ0v) is 14.1. The predicted octanol–water partition coefficient (Wildman–Crippen LogP) is 3.95. The van der Waals surface area contributed by atoms with Crippen molar-refractivity contribution in [1.29, 1.82) is 0 Å². The lowest BCUT2D eigenvalue weighted by Gasteiger charge is -2.30. The Balaban J connectivity index is 1.91. The highest BCUT2D eigenvalue weighted by molar-refractivity contribution is 5.88. The number of aromatic nitrogens is 2. The fraction of sp³-hybridized carbons (Fsp3) is 0.211. The third-order valence-electron chi connectivity index (χ3n) is 4.47. The minimum Gasteiger partial charge on any atom is -0.331 e. The zero-order chi connectivity index (χ0) is 17.4. The number of rotatable bonds is 3. The van der Waals surface area contributed by atoms with Crippen LogP contribution in [0.3, 0.4) is 0 Å². The van der Waals surface area contributed by atoms with Crippen LogP contribution in [-0.4, -0.2) is 33.3 Å². The average molecular weight is 335 g/mol. The minimum atomic E-state index is -0.274. The molecule has 0 radical (unpaired) electrons. The molecule has 0 fully saturated rings. The van der Waals surface area contributed by atoms with Crippen LogP contribution in [0.1, 0.15) is 25.7 Å². The van der Waals surface area contributed by atoms with Crippen LogP contribution >= 0.6 is 0 Å². The number of halogens is 1. The zero-order valence-electron chi connectivity index (χ0n) is 14.1. The number of nitrogens with zero attached hydrogens (tertiary/aromatic N) is 5. The van der Waals surface area contributed by atoms with Gasteiger partial charge in [-0.1, -0.05) is 18.2 Å². The maximum Gasteiger partial charge on any atom is 0.137 e. The normalized spacial score (nSPS) is 15.5. The first-order chi connectivity index (χ1) is 12.1. The van der Waals surface area contributed by atoms with E-state index in [1.165, 1.54) is 12.1 Å². The van der Waals surface area contributed by atoms with Crippen LogP contribution in [0.15, 0.2) is 58.5 Å². The molecule has 0 amide bonds. The van der Waals surface area contributed by atoms with Gasteiger partial charge in [-0.15, -0.1) is 0 Å². The quantitative estimate of drug-likeness (QED) is 0.728. The molecular weight excluding hydrogens is 317 g/mol. The van der Waals surface area contributed by atoms with Gasteiger partial charge in [-0.3, -0.25) is 9.56 Å². The van der Waals surface area contributed by atoms with E-state index in [0.29, 0.717) is 6.67 Å². The Hall–Kier alpha value is -3.02. The van der Waals surface area contributed by atoms with Gasteiger partial charge < -0.3 is 4.90 Å². The van der Waals surface area contributed by atoms with E-state index in [0.717, 1.165) is 28.4 Å². The Morgan fingerprint density at radius 2 is 1.92 bits per heavy atom. The lowest BCUT2D eigenvalue weighted by Crippen LogP contribution is -2.35. The number of hydrogen-bond donors (Lipinski definition) is 0. The Morgan fingerprint density at radius 1 is 1.12 bits per heavy atom. The van der Waals surface area contributed by atoms with Gasteiger partial charge in [0.15, 0.2) is 0 Å². The fourth-order valence-electron chi connectivity index (χ4n) is 3.16. The third kappa shape index (κ3) is 2.69. The molecule has 0 unspecified atom stereocenters. The number of imidazole rings is 1. The summed E-state index contributed by atoms with van der Waals surface area (Å²) in [5.41, 5.74) is 2.47. The highest BCUT2D eigenvalue weighted by Crippen LogP contribution is 2.29. The number of benzene rings is 2. The lowest BCUT2D eigenvalue weighted by molar-refractivity contribution is 0.327. The standard InChI is InChI=1S/C19H18FN5/c1-13(24-12-21-11-22-14(24)2)19-23-17-9-8-15(20)10-18(17)25(19)16-6-4-3-5-7-16/h3-11,13H,12H2,1-2H3/t13-/m0/s1. The summed E-state index contributed by atoms with van der Waals surface area (Å²) < 4.78 is 15.9. The SMILES string of the molecule is CC1=NC=NCN1[C@@H](C)c1nc2ccc(F)cc2n1-c1ccccc1. The van der Waals surface area contributed by atoms with Gasteiger partial charge in [-0.2, -0.15) is 0 Å². The molecule has 0 bridgehead atoms. The number of para-hydroxylation sites is 1. The summed E-state index contributed by atoms with van der Waals surface area (Å²) in [5.74, 6) is 1.45. The van der Waals surface area contributed by atoms with Crippen molar-refractivity contribution in [3.8, 4) is 5.69 Å². The summed E-state index contributed by atoms with van der Waals surface area (Å²) in [6.45, 7) is 4.55. The summed E-state index contributed by atoms with van der Waals surface area (Å²) >= 11 is 0. The Morgan fingerprint density at radius 3 is 2.68 bits per heavy atom. The second kappa shape index (κ2) is 6.12. The molecule has 5 nitrogen and oxygen atoms in total. The molecule has 1 aliphatic heterocycles. The molecule has 0 saturated heterocycles. The summed E-state index contributed by atoms with van der Waals surface area (Å²) in [6.07, 6.45) is 1.58.